The third-order valence-electron chi connectivity index (χ3n) is 7.13. The van der Waals surface area contributed by atoms with Crippen molar-refractivity contribution in [2.75, 3.05) is 11.9 Å². The number of nitrogens with two attached hydrogens (primary N) is 1. The standard InChI is InChI=1S/C28H30Cl2F2N4O2/c1-27(2,3)12-21-28(14-33,18-9-7-15(29)11-20(18)31)23(17-5-4-6-19(30)24(17)32)25(36-21)26(38)35-16-8-10-22(37)34-13-16/h4-11,13,21,23,25,36H,12,14,33H2,1-3H3,(H,34,37)(H,35,38)/t21-,23-,25+,28-/m0/s1. The fourth-order valence-electron chi connectivity index (χ4n) is 5.58. The molecular formula is C28H30Cl2F2N4O2. The number of hydrogen-bond donors (Lipinski definition) is 4. The molecule has 2 aromatic carbocycles. The Bertz CT molecular complexity index is 1390. The number of H-pyrrole nitrogens is 1. The second kappa shape index (κ2) is 10.8. The summed E-state index contributed by atoms with van der Waals surface area (Å²) in [6, 6.07) is 10.0. The van der Waals surface area contributed by atoms with Crippen molar-refractivity contribution in [1.29, 1.82) is 0 Å². The summed E-state index contributed by atoms with van der Waals surface area (Å²) in [5.41, 5.74) is 5.38. The highest BCUT2D eigenvalue weighted by Gasteiger charge is 2.59. The molecule has 10 heteroatoms. The molecule has 4 atom stereocenters. The Kier molecular flexibility index (Phi) is 8.00. The summed E-state index contributed by atoms with van der Waals surface area (Å²) >= 11 is 12.3. The van der Waals surface area contributed by atoms with Gasteiger partial charge >= 0.3 is 0 Å². The number of halogens is 4. The molecule has 1 saturated heterocycles. The van der Waals surface area contributed by atoms with Crippen LogP contribution in [0.25, 0.3) is 0 Å². The summed E-state index contributed by atoms with van der Waals surface area (Å²) in [7, 11) is 0. The van der Waals surface area contributed by atoms with Gasteiger partial charge in [0, 0.05) is 41.2 Å². The number of anilines is 1. The van der Waals surface area contributed by atoms with E-state index >= 15 is 8.78 Å². The van der Waals surface area contributed by atoms with Crippen molar-refractivity contribution in [3.05, 3.63) is 97.9 Å². The van der Waals surface area contributed by atoms with E-state index < -0.39 is 41.0 Å². The molecule has 202 valence electrons. The molecule has 0 unspecified atom stereocenters. The first-order valence-corrected chi connectivity index (χ1v) is 13.0. The molecule has 0 saturated carbocycles. The number of carbonyl (C=O) groups is 1. The van der Waals surface area contributed by atoms with Crippen molar-refractivity contribution in [3.63, 3.8) is 0 Å². The zero-order valence-corrected chi connectivity index (χ0v) is 22.8. The molecule has 1 fully saturated rings. The third-order valence-corrected chi connectivity index (χ3v) is 7.66. The molecule has 6 nitrogen and oxygen atoms in total. The molecule has 1 aliphatic heterocycles. The van der Waals surface area contributed by atoms with Gasteiger partial charge in [0.1, 0.15) is 11.6 Å². The molecule has 0 radical (unpaired) electrons. The Morgan fingerprint density at radius 2 is 1.87 bits per heavy atom. The zero-order chi connectivity index (χ0) is 27.8. The van der Waals surface area contributed by atoms with E-state index in [-0.39, 0.29) is 38.7 Å². The maximum atomic E-state index is 15.7. The number of rotatable bonds is 6. The average molecular weight is 563 g/mol. The number of amides is 1. The van der Waals surface area contributed by atoms with Crippen molar-refractivity contribution in [1.82, 2.24) is 10.3 Å². The molecule has 0 aliphatic carbocycles. The Labute approximate surface area is 229 Å². The summed E-state index contributed by atoms with van der Waals surface area (Å²) in [5.74, 6) is -2.74. The summed E-state index contributed by atoms with van der Waals surface area (Å²) in [6.45, 7) is 5.98. The lowest BCUT2D eigenvalue weighted by atomic mass is 9.62. The predicted molar refractivity (Wildman–Crippen MR) is 147 cm³/mol. The first-order valence-electron chi connectivity index (χ1n) is 12.2. The third kappa shape index (κ3) is 5.36. The molecule has 4 rings (SSSR count). The number of nitrogens with one attached hydrogen (secondary N) is 3. The average Bonchev–Trinajstić information content (AvgIpc) is 3.15. The van der Waals surface area contributed by atoms with Crippen LogP contribution in [0.1, 0.15) is 44.2 Å². The van der Waals surface area contributed by atoms with Gasteiger partial charge in [0.05, 0.1) is 16.8 Å². The highest BCUT2D eigenvalue weighted by atomic mass is 35.5. The number of aromatic amines is 1. The van der Waals surface area contributed by atoms with Crippen LogP contribution in [-0.2, 0) is 10.2 Å². The second-order valence-electron chi connectivity index (χ2n) is 10.9. The van der Waals surface area contributed by atoms with Crippen LogP contribution in [0, 0.1) is 17.0 Å². The molecule has 1 aromatic heterocycles. The first-order chi connectivity index (χ1) is 17.9. The molecule has 0 bridgehead atoms. The van der Waals surface area contributed by atoms with Gasteiger partial charge in [-0.3, -0.25) is 9.59 Å². The minimum atomic E-state index is -1.25. The number of aromatic nitrogens is 1. The van der Waals surface area contributed by atoms with E-state index in [4.69, 9.17) is 28.9 Å². The summed E-state index contributed by atoms with van der Waals surface area (Å²) in [5, 5.41) is 6.25. The van der Waals surface area contributed by atoms with Gasteiger partial charge in [-0.2, -0.15) is 0 Å². The van der Waals surface area contributed by atoms with Crippen LogP contribution >= 0.6 is 23.2 Å². The highest BCUT2D eigenvalue weighted by Crippen LogP contribution is 2.52. The molecule has 2 heterocycles. The maximum absolute atomic E-state index is 15.7. The van der Waals surface area contributed by atoms with Gasteiger partial charge in [-0.25, -0.2) is 8.78 Å². The number of benzene rings is 2. The van der Waals surface area contributed by atoms with E-state index in [2.05, 4.69) is 15.6 Å². The lowest BCUT2D eigenvalue weighted by Gasteiger charge is -2.42. The van der Waals surface area contributed by atoms with Gasteiger partial charge in [-0.1, -0.05) is 62.2 Å². The molecule has 3 aromatic rings. The SMILES string of the molecule is CC(C)(C)C[C@@H]1N[C@@H](C(=O)Nc2ccc(=O)[nH]c2)[C@H](c2cccc(Cl)c2F)[C@@]1(CN)c1ccc(Cl)cc1F. The second-order valence-corrected chi connectivity index (χ2v) is 11.7. The molecule has 1 amide bonds. The van der Waals surface area contributed by atoms with E-state index in [0.29, 0.717) is 12.1 Å². The highest BCUT2D eigenvalue weighted by molar-refractivity contribution is 6.31. The quantitative estimate of drug-likeness (QED) is 0.325. The van der Waals surface area contributed by atoms with Gasteiger partial charge in [-0.05, 0) is 47.2 Å². The fraction of sp³-hybridized carbons (Fsp3) is 0.357. The van der Waals surface area contributed by atoms with E-state index in [9.17, 15) is 9.59 Å². The van der Waals surface area contributed by atoms with Crippen LogP contribution in [0.5, 0.6) is 0 Å². The molecule has 38 heavy (non-hydrogen) atoms. The van der Waals surface area contributed by atoms with Crippen molar-refractivity contribution in [2.45, 2.75) is 50.6 Å². The van der Waals surface area contributed by atoms with Crippen LogP contribution in [0.3, 0.4) is 0 Å². The number of hydrogen-bond acceptors (Lipinski definition) is 4. The van der Waals surface area contributed by atoms with Crippen molar-refractivity contribution >= 4 is 34.8 Å². The number of carbonyl (C=O) groups excluding carboxylic acids is 1. The number of pyridine rings is 1. The molecule has 0 spiro atoms. The Morgan fingerprint density at radius 3 is 2.47 bits per heavy atom. The Hall–Kier alpha value is -2.78. The van der Waals surface area contributed by atoms with E-state index in [1.54, 1.807) is 24.3 Å². The van der Waals surface area contributed by atoms with Crippen molar-refractivity contribution in [2.24, 2.45) is 11.1 Å². The largest absolute Gasteiger partial charge is 0.329 e. The van der Waals surface area contributed by atoms with Crippen molar-refractivity contribution in [3.8, 4) is 0 Å². The van der Waals surface area contributed by atoms with Crippen LogP contribution in [-0.4, -0.2) is 29.5 Å². The minimum absolute atomic E-state index is 0.0989. The maximum Gasteiger partial charge on any atom is 0.248 e. The lowest BCUT2D eigenvalue weighted by molar-refractivity contribution is -0.118. The summed E-state index contributed by atoms with van der Waals surface area (Å²) in [6.07, 6.45) is 1.86. The van der Waals surface area contributed by atoms with Crippen LogP contribution in [0.15, 0.2) is 59.5 Å². The minimum Gasteiger partial charge on any atom is -0.329 e. The summed E-state index contributed by atoms with van der Waals surface area (Å²) in [4.78, 5) is 27.8. The first kappa shape index (κ1) is 28.2. The van der Waals surface area contributed by atoms with E-state index in [0.717, 1.165) is 0 Å². The van der Waals surface area contributed by atoms with E-state index in [1.807, 2.05) is 20.8 Å². The van der Waals surface area contributed by atoms with Gasteiger partial charge < -0.3 is 21.4 Å². The molecular weight excluding hydrogens is 533 g/mol. The van der Waals surface area contributed by atoms with E-state index in [1.165, 1.54) is 30.5 Å². The normalized spacial score (nSPS) is 23.4. The van der Waals surface area contributed by atoms with Gasteiger partial charge in [0.15, 0.2) is 0 Å². The molecule has 1 aliphatic rings. The smallest absolute Gasteiger partial charge is 0.248 e. The summed E-state index contributed by atoms with van der Waals surface area (Å²) < 4.78 is 31.4. The predicted octanol–water partition coefficient (Wildman–Crippen LogP) is 5.36. The van der Waals surface area contributed by atoms with Crippen LogP contribution < -0.4 is 21.9 Å². The van der Waals surface area contributed by atoms with Crippen LogP contribution in [0.4, 0.5) is 14.5 Å². The Morgan fingerprint density at radius 1 is 1.13 bits per heavy atom. The van der Waals surface area contributed by atoms with Gasteiger partial charge in [0.25, 0.3) is 0 Å². The van der Waals surface area contributed by atoms with Crippen molar-refractivity contribution < 1.29 is 13.6 Å². The van der Waals surface area contributed by atoms with Crippen LogP contribution in [0.2, 0.25) is 10.0 Å². The van der Waals surface area contributed by atoms with Gasteiger partial charge in [0.2, 0.25) is 11.5 Å². The topological polar surface area (TPSA) is 100 Å². The lowest BCUT2D eigenvalue weighted by Crippen LogP contribution is -2.50. The Balaban J connectivity index is 1.95. The molecule has 5 N–H and O–H groups in total. The fourth-order valence-corrected chi connectivity index (χ4v) is 5.92. The monoisotopic (exact) mass is 562 g/mol. The van der Waals surface area contributed by atoms with Gasteiger partial charge in [-0.15, -0.1) is 0 Å². The zero-order valence-electron chi connectivity index (χ0n) is 21.2.